The first-order valence-corrected chi connectivity index (χ1v) is 9.99. The Bertz CT molecular complexity index is 1390. The fraction of sp³-hybridized carbons (Fsp3) is 0. The van der Waals surface area contributed by atoms with E-state index in [1.165, 1.54) is 21.8 Å². The molecular formula is C25H17NOS. The van der Waals surface area contributed by atoms with Crippen molar-refractivity contribution in [3.05, 3.63) is 107 Å². The van der Waals surface area contributed by atoms with Gasteiger partial charge >= 0.3 is 0 Å². The molecule has 0 unspecified atom stereocenters. The van der Waals surface area contributed by atoms with Gasteiger partial charge in [-0.3, -0.25) is 4.79 Å². The van der Waals surface area contributed by atoms with Crippen molar-refractivity contribution in [3.8, 4) is 0 Å². The van der Waals surface area contributed by atoms with Crippen molar-refractivity contribution in [1.29, 1.82) is 0 Å². The summed E-state index contributed by atoms with van der Waals surface area (Å²) in [6.07, 6.45) is 0. The predicted molar refractivity (Wildman–Crippen MR) is 121 cm³/mol. The molecule has 0 atom stereocenters. The number of hydrogen-bond donors (Lipinski definition) is 1. The Balaban J connectivity index is 0.000000123. The van der Waals surface area contributed by atoms with Gasteiger partial charge in [0.25, 0.3) is 0 Å². The quantitative estimate of drug-likeness (QED) is 0.291. The second-order valence-electron chi connectivity index (χ2n) is 6.64. The maximum atomic E-state index is 12.1. The number of aromatic amines is 1. The van der Waals surface area contributed by atoms with E-state index in [1.807, 2.05) is 48.5 Å². The second kappa shape index (κ2) is 6.95. The first-order valence-electron chi connectivity index (χ1n) is 9.17. The van der Waals surface area contributed by atoms with E-state index in [-0.39, 0.29) is 5.43 Å². The average molecular weight is 379 g/mol. The lowest BCUT2D eigenvalue weighted by molar-refractivity contribution is 1.55. The van der Waals surface area contributed by atoms with Crippen molar-refractivity contribution in [2.45, 2.75) is 0 Å². The molecule has 6 rings (SSSR count). The van der Waals surface area contributed by atoms with Crippen LogP contribution in [0.25, 0.3) is 42.0 Å². The first-order chi connectivity index (χ1) is 13.8. The molecule has 0 bridgehead atoms. The Kier molecular flexibility index (Phi) is 4.15. The molecule has 0 amide bonds. The van der Waals surface area contributed by atoms with Crippen molar-refractivity contribution in [1.82, 2.24) is 4.98 Å². The number of rotatable bonds is 0. The summed E-state index contributed by atoms with van der Waals surface area (Å²) < 4.78 is 2.11. The Morgan fingerprint density at radius 2 is 0.893 bits per heavy atom. The minimum atomic E-state index is 0.139. The summed E-state index contributed by atoms with van der Waals surface area (Å²) in [5.41, 5.74) is 2.56. The molecule has 0 saturated carbocycles. The molecule has 4 aromatic carbocycles. The van der Waals surface area contributed by atoms with Gasteiger partial charge in [0, 0.05) is 42.0 Å². The number of aromatic nitrogens is 1. The topological polar surface area (TPSA) is 32.9 Å². The third-order valence-electron chi connectivity index (χ3n) is 4.90. The van der Waals surface area contributed by atoms with Crippen molar-refractivity contribution in [2.24, 2.45) is 0 Å². The zero-order valence-electron chi connectivity index (χ0n) is 15.1. The molecule has 0 radical (unpaired) electrons. The molecule has 6 aromatic rings. The highest BCUT2D eigenvalue weighted by molar-refractivity contribution is 7.24. The van der Waals surface area contributed by atoms with E-state index < -0.39 is 0 Å². The monoisotopic (exact) mass is 379 g/mol. The Hall–Kier alpha value is -3.43. The van der Waals surface area contributed by atoms with E-state index in [4.69, 9.17) is 0 Å². The van der Waals surface area contributed by atoms with Gasteiger partial charge in [-0.2, -0.15) is 0 Å². The Labute approximate surface area is 165 Å². The molecule has 2 heterocycles. The van der Waals surface area contributed by atoms with E-state index in [1.54, 1.807) is 11.3 Å². The normalized spacial score (nSPS) is 11.0. The first kappa shape index (κ1) is 16.7. The molecule has 0 saturated heterocycles. The number of hydrogen-bond acceptors (Lipinski definition) is 2. The van der Waals surface area contributed by atoms with Gasteiger partial charge in [-0.15, -0.1) is 11.3 Å². The van der Waals surface area contributed by atoms with Crippen molar-refractivity contribution >= 4 is 53.3 Å². The van der Waals surface area contributed by atoms with Crippen LogP contribution in [0.15, 0.2) is 102 Å². The van der Waals surface area contributed by atoms with Gasteiger partial charge in [-0.1, -0.05) is 60.7 Å². The maximum absolute atomic E-state index is 12.1. The van der Waals surface area contributed by atoms with Crippen LogP contribution >= 0.6 is 11.3 Å². The summed E-state index contributed by atoms with van der Waals surface area (Å²) in [5.74, 6) is 0. The fourth-order valence-corrected chi connectivity index (χ4v) is 4.62. The lowest BCUT2D eigenvalue weighted by Crippen LogP contribution is -1.99. The number of para-hydroxylation sites is 2. The highest BCUT2D eigenvalue weighted by Gasteiger charge is 2.03. The molecule has 134 valence electrons. The molecule has 1 N–H and O–H groups in total. The number of benzene rings is 4. The van der Waals surface area contributed by atoms with Crippen LogP contribution in [0.1, 0.15) is 0 Å². The molecule has 3 heteroatoms. The van der Waals surface area contributed by atoms with E-state index in [9.17, 15) is 4.79 Å². The molecule has 0 spiro atoms. The summed E-state index contributed by atoms with van der Waals surface area (Å²) in [6.45, 7) is 0. The third-order valence-corrected chi connectivity index (χ3v) is 6.05. The maximum Gasteiger partial charge on any atom is 0.195 e. The van der Waals surface area contributed by atoms with Crippen molar-refractivity contribution < 1.29 is 0 Å². The van der Waals surface area contributed by atoms with Gasteiger partial charge in [0.05, 0.1) is 0 Å². The van der Waals surface area contributed by atoms with Crippen LogP contribution in [0.4, 0.5) is 0 Å². The van der Waals surface area contributed by atoms with Crippen molar-refractivity contribution in [3.63, 3.8) is 0 Å². The zero-order valence-corrected chi connectivity index (χ0v) is 15.9. The smallest absolute Gasteiger partial charge is 0.195 e. The summed E-state index contributed by atoms with van der Waals surface area (Å²) in [4.78, 5) is 15.5. The molecule has 0 aliphatic rings. The van der Waals surface area contributed by atoms with Crippen LogP contribution < -0.4 is 5.43 Å². The summed E-state index contributed by atoms with van der Waals surface area (Å²) in [7, 11) is 0. The van der Waals surface area contributed by atoms with Crippen LogP contribution in [-0.2, 0) is 0 Å². The molecule has 0 aliphatic carbocycles. The van der Waals surface area contributed by atoms with E-state index >= 15 is 0 Å². The van der Waals surface area contributed by atoms with Crippen LogP contribution in [0, 0.1) is 0 Å². The van der Waals surface area contributed by atoms with E-state index in [2.05, 4.69) is 53.5 Å². The molecule has 2 aromatic heterocycles. The van der Waals surface area contributed by atoms with Gasteiger partial charge in [-0.05, 0) is 36.4 Å². The number of fused-ring (bicyclic) bond motifs is 5. The standard InChI is InChI=1S/C13H8OS.C12H9N/c14-13-9-5-1-3-7-11(9)15-12-8-4-2-6-10(12)13;1-3-7-11-9(5-1)10-6-2-4-8-12(10)13-11/h1-8H;1-8,13H. The van der Waals surface area contributed by atoms with Gasteiger partial charge in [0.2, 0.25) is 0 Å². The minimum Gasteiger partial charge on any atom is -0.355 e. The fourth-order valence-electron chi connectivity index (χ4n) is 3.55. The van der Waals surface area contributed by atoms with E-state index in [0.29, 0.717) is 0 Å². The Morgan fingerprint density at radius 3 is 1.39 bits per heavy atom. The molecular weight excluding hydrogens is 362 g/mol. The van der Waals surface area contributed by atoms with Crippen LogP contribution in [0.3, 0.4) is 0 Å². The highest BCUT2D eigenvalue weighted by atomic mass is 32.1. The summed E-state index contributed by atoms with van der Waals surface area (Å²) >= 11 is 1.67. The van der Waals surface area contributed by atoms with E-state index in [0.717, 1.165) is 20.2 Å². The van der Waals surface area contributed by atoms with Gasteiger partial charge in [-0.25, -0.2) is 0 Å². The third kappa shape index (κ3) is 2.86. The number of H-pyrrole nitrogens is 1. The number of nitrogens with one attached hydrogen (secondary N) is 1. The van der Waals surface area contributed by atoms with Crippen molar-refractivity contribution in [2.75, 3.05) is 0 Å². The Morgan fingerprint density at radius 1 is 0.500 bits per heavy atom. The van der Waals surface area contributed by atoms with Crippen LogP contribution in [0.5, 0.6) is 0 Å². The average Bonchev–Trinajstić information content (AvgIpc) is 3.13. The van der Waals surface area contributed by atoms with Gasteiger partial charge in [0.15, 0.2) is 5.43 Å². The lowest BCUT2D eigenvalue weighted by atomic mass is 10.2. The largest absolute Gasteiger partial charge is 0.355 e. The summed E-state index contributed by atoms with van der Waals surface area (Å²) in [6, 6.07) is 32.3. The van der Waals surface area contributed by atoms with Gasteiger partial charge in [0.1, 0.15) is 0 Å². The summed E-state index contributed by atoms with van der Waals surface area (Å²) in [5, 5.41) is 4.25. The molecule has 28 heavy (non-hydrogen) atoms. The molecule has 0 aliphatic heterocycles. The zero-order chi connectivity index (χ0) is 18.9. The SMILES string of the molecule is O=c1c2ccccc2sc2ccccc12.c1ccc2c(c1)[nH]c1ccccc12. The predicted octanol–water partition coefficient (Wildman–Crippen LogP) is 6.74. The van der Waals surface area contributed by atoms with Crippen LogP contribution in [0.2, 0.25) is 0 Å². The van der Waals surface area contributed by atoms with Gasteiger partial charge < -0.3 is 4.98 Å². The minimum absolute atomic E-state index is 0.139. The second-order valence-corrected chi connectivity index (χ2v) is 7.72. The lowest BCUT2D eigenvalue weighted by Gasteiger charge is -1.99. The van der Waals surface area contributed by atoms with Crippen LogP contribution in [-0.4, -0.2) is 4.98 Å². The highest BCUT2D eigenvalue weighted by Crippen LogP contribution is 2.24. The molecule has 2 nitrogen and oxygen atoms in total. The molecule has 0 fully saturated rings.